The Morgan fingerprint density at radius 3 is 1.51 bits per heavy atom. The van der Waals surface area contributed by atoms with Crippen molar-refractivity contribution in [2.24, 2.45) is 0 Å². The van der Waals surface area contributed by atoms with Crippen LogP contribution in [0.4, 0.5) is 13.2 Å². The standard InChI is InChI=1S/C29H34F3IO3S/c1-7-27(3,4)21-12-16-24(17-13-21)33(25-18-14-22(15-19-25)28(5,6)8-2)36-37(34,35)26-11-9-10-23(20-26)29(30,31)32/h9-20H,7-8H2,1-6H3/q+1. The van der Waals surface area contributed by atoms with Crippen LogP contribution < -0.4 is 20.2 Å². The molecule has 0 aliphatic carbocycles. The molecule has 3 rings (SSSR count). The van der Waals surface area contributed by atoms with Gasteiger partial charge in [-0.25, -0.2) is 0 Å². The molecular weight excluding hydrogens is 612 g/mol. The minimum Gasteiger partial charge on any atom is -0.190 e. The molecule has 3 nitrogen and oxygen atoms in total. The Kier molecular flexibility index (Phi) is 8.86. The van der Waals surface area contributed by atoms with Crippen molar-refractivity contribution in [3.8, 4) is 0 Å². The van der Waals surface area contributed by atoms with Gasteiger partial charge in [-0.3, -0.25) is 0 Å². The smallest absolute Gasteiger partial charge is 0.190 e. The Hall–Kier alpha value is -1.91. The van der Waals surface area contributed by atoms with E-state index in [4.69, 9.17) is 2.51 Å². The molecule has 0 atom stereocenters. The summed E-state index contributed by atoms with van der Waals surface area (Å²) >= 11 is -3.07. The number of hydrogen-bond acceptors (Lipinski definition) is 3. The molecule has 0 saturated heterocycles. The number of alkyl halides is 3. The Bertz CT molecular complexity index is 1250. The van der Waals surface area contributed by atoms with Crippen LogP contribution in [0.3, 0.4) is 0 Å². The highest BCUT2D eigenvalue weighted by Crippen LogP contribution is 2.31. The molecule has 37 heavy (non-hydrogen) atoms. The molecule has 0 N–H and O–H groups in total. The van der Waals surface area contributed by atoms with Gasteiger partial charge in [-0.2, -0.15) is 21.6 Å². The lowest BCUT2D eigenvalue weighted by Gasteiger charge is -2.23. The molecule has 0 spiro atoms. The molecule has 0 aromatic heterocycles. The summed E-state index contributed by atoms with van der Waals surface area (Å²) in [6, 6.07) is 19.2. The van der Waals surface area contributed by atoms with Crippen molar-refractivity contribution in [3.05, 3.63) is 96.6 Å². The van der Waals surface area contributed by atoms with Crippen molar-refractivity contribution in [3.63, 3.8) is 0 Å². The van der Waals surface area contributed by atoms with Gasteiger partial charge in [0.05, 0.1) is 10.5 Å². The first-order valence-electron chi connectivity index (χ1n) is 12.1. The van der Waals surface area contributed by atoms with Gasteiger partial charge >= 0.3 is 36.5 Å². The number of halogens is 4. The largest absolute Gasteiger partial charge is 0.416 e. The fourth-order valence-electron chi connectivity index (χ4n) is 3.59. The molecule has 0 amide bonds. The van der Waals surface area contributed by atoms with Crippen molar-refractivity contribution in [1.82, 2.24) is 0 Å². The van der Waals surface area contributed by atoms with Gasteiger partial charge in [0.1, 0.15) is 0 Å². The molecular formula is C29H34F3IO3S+. The van der Waals surface area contributed by atoms with Gasteiger partial charge < -0.3 is 0 Å². The van der Waals surface area contributed by atoms with Gasteiger partial charge in [0, 0.05) is 0 Å². The molecule has 8 heteroatoms. The lowest BCUT2D eigenvalue weighted by molar-refractivity contribution is -1.03. The van der Waals surface area contributed by atoms with E-state index in [1.807, 2.05) is 48.5 Å². The predicted octanol–water partition coefficient (Wildman–Crippen LogP) is 5.07. The van der Waals surface area contributed by atoms with Crippen molar-refractivity contribution in [2.45, 2.75) is 76.3 Å². The summed E-state index contributed by atoms with van der Waals surface area (Å²) in [7, 11) is -4.46. The molecule has 0 bridgehead atoms. The van der Waals surface area contributed by atoms with Crippen LogP contribution in [0.2, 0.25) is 0 Å². The van der Waals surface area contributed by atoms with Crippen LogP contribution in [0.25, 0.3) is 0 Å². The fraction of sp³-hybridized carbons (Fsp3) is 0.379. The van der Waals surface area contributed by atoms with Crippen LogP contribution in [-0.4, -0.2) is 8.42 Å². The third-order valence-corrected chi connectivity index (χ3v) is 14.3. The minimum atomic E-state index is -4.66. The summed E-state index contributed by atoms with van der Waals surface area (Å²) in [6.45, 7) is 12.8. The van der Waals surface area contributed by atoms with E-state index < -0.39 is 47.0 Å². The van der Waals surface area contributed by atoms with E-state index in [0.29, 0.717) is 6.07 Å². The lowest BCUT2D eigenvalue weighted by Crippen LogP contribution is -3.85. The van der Waals surface area contributed by atoms with E-state index >= 15 is 0 Å². The highest BCUT2D eigenvalue weighted by molar-refractivity contribution is 7.86. The van der Waals surface area contributed by atoms with Gasteiger partial charge in [0.15, 0.2) is 7.14 Å². The number of benzene rings is 3. The van der Waals surface area contributed by atoms with Crippen molar-refractivity contribution >= 4 is 10.1 Å². The SMILES string of the molecule is CCC(C)(C)c1ccc([I+](OS(=O)(=O)c2cccc(C(F)(F)F)c2)c2ccc(C(C)(C)CC)cc2)cc1. The Morgan fingerprint density at radius 2 is 1.14 bits per heavy atom. The first kappa shape index (κ1) is 29.6. The molecule has 0 aliphatic heterocycles. The summed E-state index contributed by atoms with van der Waals surface area (Å²) in [5.74, 6) is 0. The minimum absolute atomic E-state index is 0.0457. The van der Waals surface area contributed by atoms with E-state index in [0.717, 1.165) is 49.3 Å². The average molecular weight is 647 g/mol. The summed E-state index contributed by atoms with van der Waals surface area (Å²) in [5, 5.41) is 0. The van der Waals surface area contributed by atoms with Gasteiger partial charge in [-0.05, 0) is 79.8 Å². The van der Waals surface area contributed by atoms with Gasteiger partial charge in [-0.15, -0.1) is 0 Å². The van der Waals surface area contributed by atoms with Crippen LogP contribution in [0.5, 0.6) is 0 Å². The highest BCUT2D eigenvalue weighted by atomic mass is 127. The molecule has 0 saturated carbocycles. The average Bonchev–Trinajstić information content (AvgIpc) is 2.87. The normalized spacial score (nSPS) is 13.2. The zero-order chi connectivity index (χ0) is 27.6. The first-order valence-corrected chi connectivity index (χ1v) is 16.6. The third-order valence-electron chi connectivity index (χ3n) is 7.01. The van der Waals surface area contributed by atoms with E-state index in [-0.39, 0.29) is 10.8 Å². The van der Waals surface area contributed by atoms with Crippen LogP contribution in [0.1, 0.15) is 71.1 Å². The summed E-state index contributed by atoms with van der Waals surface area (Å²) < 4.78 is 73.6. The van der Waals surface area contributed by atoms with E-state index in [1.54, 1.807) is 0 Å². The van der Waals surface area contributed by atoms with Crippen molar-refractivity contribution in [2.75, 3.05) is 0 Å². The number of hydrogen-bond donors (Lipinski definition) is 0. The molecule has 0 fully saturated rings. The molecule has 0 unspecified atom stereocenters. The monoisotopic (exact) mass is 646 g/mol. The zero-order valence-corrected chi connectivity index (χ0v) is 25.0. The lowest BCUT2D eigenvalue weighted by atomic mass is 9.82. The second-order valence-corrected chi connectivity index (χ2v) is 16.8. The second kappa shape index (κ2) is 11.1. The van der Waals surface area contributed by atoms with Crippen LogP contribution in [0.15, 0.2) is 77.7 Å². The molecule has 0 heterocycles. The maximum Gasteiger partial charge on any atom is 0.416 e. The van der Waals surface area contributed by atoms with Gasteiger partial charge in [-0.1, -0.05) is 71.9 Å². The van der Waals surface area contributed by atoms with Gasteiger partial charge in [0.25, 0.3) is 0 Å². The van der Waals surface area contributed by atoms with Crippen LogP contribution in [-0.2, 0) is 29.6 Å². The van der Waals surface area contributed by atoms with Crippen LogP contribution >= 0.6 is 0 Å². The zero-order valence-electron chi connectivity index (χ0n) is 22.0. The quantitative estimate of drug-likeness (QED) is 0.306. The second-order valence-electron chi connectivity index (χ2n) is 10.3. The Morgan fingerprint density at radius 1 is 0.703 bits per heavy atom. The van der Waals surface area contributed by atoms with Crippen LogP contribution in [0, 0.1) is 7.14 Å². The molecule has 201 valence electrons. The summed E-state index contributed by atoms with van der Waals surface area (Å²) in [5.41, 5.74) is 1.12. The Balaban J connectivity index is 2.07. The molecule has 3 aromatic carbocycles. The maximum absolute atomic E-state index is 13.3. The highest BCUT2D eigenvalue weighted by Gasteiger charge is 2.39. The number of rotatable bonds is 9. The molecule has 3 aromatic rings. The fourth-order valence-corrected chi connectivity index (χ4v) is 10.5. The van der Waals surface area contributed by atoms with Crippen molar-refractivity contribution in [1.29, 1.82) is 0 Å². The first-order chi connectivity index (χ1) is 17.1. The predicted molar refractivity (Wildman–Crippen MR) is 137 cm³/mol. The molecule has 1 radical (unpaired) electrons. The van der Waals surface area contributed by atoms with Crippen molar-refractivity contribution < 1.29 is 44.3 Å². The van der Waals surface area contributed by atoms with E-state index in [1.165, 1.54) is 0 Å². The molecule has 0 aliphatic rings. The Labute approximate surface area is 226 Å². The summed E-state index contributed by atoms with van der Waals surface area (Å²) in [6.07, 6.45) is -2.79. The maximum atomic E-state index is 13.3. The topological polar surface area (TPSA) is 43.4 Å². The summed E-state index contributed by atoms with van der Waals surface area (Å²) in [4.78, 5) is -0.503. The third kappa shape index (κ3) is 6.95. The van der Waals surface area contributed by atoms with E-state index in [2.05, 4.69) is 41.5 Å². The van der Waals surface area contributed by atoms with Gasteiger partial charge in [0.2, 0.25) is 0 Å². The van der Waals surface area contributed by atoms with E-state index in [9.17, 15) is 21.6 Å².